The van der Waals surface area contributed by atoms with Crippen molar-refractivity contribution in [2.75, 3.05) is 5.32 Å². The quantitative estimate of drug-likeness (QED) is 0.805. The molecular formula is C21H21F3N2O2. The molecule has 7 heteroatoms. The number of carbonyl (C=O) groups is 2. The second-order valence-electron chi connectivity index (χ2n) is 6.94. The van der Waals surface area contributed by atoms with Gasteiger partial charge in [-0.25, -0.2) is 13.2 Å². The maximum atomic E-state index is 13.7. The van der Waals surface area contributed by atoms with Gasteiger partial charge in [0.2, 0.25) is 11.8 Å². The second-order valence-corrected chi connectivity index (χ2v) is 6.94. The van der Waals surface area contributed by atoms with Crippen molar-refractivity contribution in [2.24, 2.45) is 11.8 Å². The van der Waals surface area contributed by atoms with E-state index in [9.17, 15) is 22.8 Å². The molecule has 1 saturated carbocycles. The lowest BCUT2D eigenvalue weighted by atomic mass is 9.81. The largest absolute Gasteiger partial charge is 0.352 e. The van der Waals surface area contributed by atoms with Crippen LogP contribution < -0.4 is 10.6 Å². The van der Waals surface area contributed by atoms with E-state index in [1.165, 1.54) is 12.1 Å². The molecule has 0 atom stereocenters. The zero-order valence-corrected chi connectivity index (χ0v) is 15.2. The first-order valence-electron chi connectivity index (χ1n) is 9.21. The molecule has 2 N–H and O–H groups in total. The van der Waals surface area contributed by atoms with Crippen molar-refractivity contribution in [3.8, 4) is 0 Å². The summed E-state index contributed by atoms with van der Waals surface area (Å²) >= 11 is 0. The molecule has 2 aromatic carbocycles. The molecule has 1 aliphatic carbocycles. The second kappa shape index (κ2) is 8.91. The fourth-order valence-corrected chi connectivity index (χ4v) is 3.43. The zero-order chi connectivity index (χ0) is 20.1. The normalized spacial score (nSPS) is 19.1. The third-order valence-electron chi connectivity index (χ3n) is 5.09. The summed E-state index contributed by atoms with van der Waals surface area (Å²) in [6, 6.07) is 9.62. The summed E-state index contributed by atoms with van der Waals surface area (Å²) in [4.78, 5) is 24.6. The van der Waals surface area contributed by atoms with Gasteiger partial charge in [-0.2, -0.15) is 0 Å². The van der Waals surface area contributed by atoms with Crippen molar-refractivity contribution >= 4 is 17.5 Å². The van der Waals surface area contributed by atoms with Crippen LogP contribution in [0.15, 0.2) is 42.5 Å². The fourth-order valence-electron chi connectivity index (χ4n) is 3.43. The summed E-state index contributed by atoms with van der Waals surface area (Å²) in [5, 5.41) is 5.04. The SMILES string of the molecule is O=C(NCc1ccccc1F)C1CCC(C(=O)Nc2c(F)cccc2F)CC1. The molecule has 0 bridgehead atoms. The number of hydrogen-bond acceptors (Lipinski definition) is 2. The van der Waals surface area contributed by atoms with Gasteiger partial charge in [0.1, 0.15) is 23.1 Å². The summed E-state index contributed by atoms with van der Waals surface area (Å²) in [6.45, 7) is 0.110. The first kappa shape index (κ1) is 19.9. The molecule has 0 unspecified atom stereocenters. The van der Waals surface area contributed by atoms with Crippen LogP contribution >= 0.6 is 0 Å². The van der Waals surface area contributed by atoms with Gasteiger partial charge in [-0.1, -0.05) is 24.3 Å². The fraction of sp³-hybridized carbons (Fsp3) is 0.333. The van der Waals surface area contributed by atoms with E-state index in [1.54, 1.807) is 18.2 Å². The Morgan fingerprint density at radius 2 is 1.32 bits per heavy atom. The Hall–Kier alpha value is -2.83. The van der Waals surface area contributed by atoms with Crippen LogP contribution in [0.3, 0.4) is 0 Å². The molecule has 0 spiro atoms. The number of amides is 2. The van der Waals surface area contributed by atoms with Crippen molar-refractivity contribution in [3.63, 3.8) is 0 Å². The number of para-hydroxylation sites is 1. The lowest BCUT2D eigenvalue weighted by Crippen LogP contribution is -2.35. The highest BCUT2D eigenvalue weighted by atomic mass is 19.1. The maximum absolute atomic E-state index is 13.7. The van der Waals surface area contributed by atoms with Crippen LogP contribution in [0.5, 0.6) is 0 Å². The molecule has 0 aliphatic heterocycles. The van der Waals surface area contributed by atoms with Gasteiger partial charge in [-0.05, 0) is 43.9 Å². The van der Waals surface area contributed by atoms with Crippen molar-refractivity contribution in [2.45, 2.75) is 32.2 Å². The standard InChI is InChI=1S/C21H21F3N2O2/c22-16-5-2-1-4-15(16)12-25-20(27)13-8-10-14(11-9-13)21(28)26-19-17(23)6-3-7-18(19)24/h1-7,13-14H,8-12H2,(H,25,27)(H,26,28). The van der Waals surface area contributed by atoms with Gasteiger partial charge in [0, 0.05) is 23.9 Å². The van der Waals surface area contributed by atoms with E-state index >= 15 is 0 Å². The Morgan fingerprint density at radius 3 is 1.93 bits per heavy atom. The minimum absolute atomic E-state index is 0.110. The van der Waals surface area contributed by atoms with Crippen LogP contribution in [0.25, 0.3) is 0 Å². The predicted octanol–water partition coefficient (Wildman–Crippen LogP) is 4.17. The average molecular weight is 390 g/mol. The smallest absolute Gasteiger partial charge is 0.227 e. The molecule has 28 heavy (non-hydrogen) atoms. The molecule has 2 amide bonds. The highest BCUT2D eigenvalue weighted by molar-refractivity contribution is 5.93. The number of rotatable bonds is 5. The predicted molar refractivity (Wildman–Crippen MR) is 98.7 cm³/mol. The highest BCUT2D eigenvalue weighted by Crippen LogP contribution is 2.30. The van der Waals surface area contributed by atoms with E-state index in [4.69, 9.17) is 0 Å². The summed E-state index contributed by atoms with van der Waals surface area (Å²) < 4.78 is 40.9. The number of carbonyl (C=O) groups excluding carboxylic acids is 2. The van der Waals surface area contributed by atoms with Gasteiger partial charge in [0.15, 0.2) is 0 Å². The van der Waals surface area contributed by atoms with Gasteiger partial charge in [-0.3, -0.25) is 9.59 Å². The molecule has 1 aliphatic rings. The van der Waals surface area contributed by atoms with E-state index in [-0.39, 0.29) is 24.2 Å². The Balaban J connectivity index is 1.49. The summed E-state index contributed by atoms with van der Waals surface area (Å²) in [7, 11) is 0. The zero-order valence-electron chi connectivity index (χ0n) is 15.2. The number of halogens is 3. The first-order chi connectivity index (χ1) is 13.5. The monoisotopic (exact) mass is 390 g/mol. The average Bonchev–Trinajstić information content (AvgIpc) is 2.70. The van der Waals surface area contributed by atoms with E-state index in [0.717, 1.165) is 12.1 Å². The third-order valence-corrected chi connectivity index (χ3v) is 5.09. The van der Waals surface area contributed by atoms with Crippen molar-refractivity contribution in [1.29, 1.82) is 0 Å². The number of anilines is 1. The molecule has 3 rings (SSSR count). The number of hydrogen-bond donors (Lipinski definition) is 2. The van der Waals surface area contributed by atoms with E-state index in [2.05, 4.69) is 10.6 Å². The van der Waals surface area contributed by atoms with Gasteiger partial charge < -0.3 is 10.6 Å². The molecule has 4 nitrogen and oxygen atoms in total. The molecule has 2 aromatic rings. The summed E-state index contributed by atoms with van der Waals surface area (Å²) in [6.07, 6.45) is 1.86. The number of nitrogens with one attached hydrogen (secondary N) is 2. The lowest BCUT2D eigenvalue weighted by Gasteiger charge is -2.27. The summed E-state index contributed by atoms with van der Waals surface area (Å²) in [5.41, 5.74) is -0.0342. The number of benzene rings is 2. The van der Waals surface area contributed by atoms with Crippen LogP contribution in [0.1, 0.15) is 31.2 Å². The Bertz CT molecular complexity index is 844. The Morgan fingerprint density at radius 1 is 0.786 bits per heavy atom. The van der Waals surface area contributed by atoms with E-state index < -0.39 is 29.1 Å². The Kier molecular flexibility index (Phi) is 6.34. The van der Waals surface area contributed by atoms with Crippen molar-refractivity contribution < 1.29 is 22.8 Å². The van der Waals surface area contributed by atoms with Crippen LogP contribution in [-0.4, -0.2) is 11.8 Å². The van der Waals surface area contributed by atoms with Crippen LogP contribution in [-0.2, 0) is 16.1 Å². The van der Waals surface area contributed by atoms with Gasteiger partial charge in [-0.15, -0.1) is 0 Å². The molecular weight excluding hydrogens is 369 g/mol. The maximum Gasteiger partial charge on any atom is 0.227 e. The first-order valence-corrected chi connectivity index (χ1v) is 9.21. The van der Waals surface area contributed by atoms with Gasteiger partial charge in [0.25, 0.3) is 0 Å². The Labute approximate surface area is 161 Å². The summed E-state index contributed by atoms with van der Waals surface area (Å²) in [5.74, 6) is -3.32. The topological polar surface area (TPSA) is 58.2 Å². The van der Waals surface area contributed by atoms with Crippen molar-refractivity contribution in [3.05, 3.63) is 65.5 Å². The lowest BCUT2D eigenvalue weighted by molar-refractivity contribution is -0.128. The van der Waals surface area contributed by atoms with Crippen LogP contribution in [0, 0.1) is 29.3 Å². The highest BCUT2D eigenvalue weighted by Gasteiger charge is 2.30. The van der Waals surface area contributed by atoms with Crippen molar-refractivity contribution in [1.82, 2.24) is 5.32 Å². The van der Waals surface area contributed by atoms with Crippen LogP contribution in [0.2, 0.25) is 0 Å². The van der Waals surface area contributed by atoms with Gasteiger partial charge >= 0.3 is 0 Å². The van der Waals surface area contributed by atoms with E-state index in [1.807, 2.05) is 0 Å². The molecule has 0 saturated heterocycles. The van der Waals surface area contributed by atoms with E-state index in [0.29, 0.717) is 31.2 Å². The minimum Gasteiger partial charge on any atom is -0.352 e. The molecule has 0 heterocycles. The molecule has 1 fully saturated rings. The van der Waals surface area contributed by atoms with Crippen LogP contribution in [0.4, 0.5) is 18.9 Å². The molecule has 0 radical (unpaired) electrons. The minimum atomic E-state index is -0.824. The molecule has 148 valence electrons. The molecule has 0 aromatic heterocycles. The third kappa shape index (κ3) is 4.71. The van der Waals surface area contributed by atoms with Gasteiger partial charge in [0.05, 0.1) is 0 Å².